The highest BCUT2D eigenvalue weighted by Gasteiger charge is 2.06. The molecule has 0 spiro atoms. The molecule has 0 radical (unpaired) electrons. The summed E-state index contributed by atoms with van der Waals surface area (Å²) in [6.45, 7) is 6.11. The molecule has 0 N–H and O–H groups in total. The molecule has 0 unspecified atom stereocenters. The Morgan fingerprint density at radius 1 is 1.40 bits per heavy atom. The maximum Gasteiger partial charge on any atom is 0.0998 e. The predicted octanol–water partition coefficient (Wildman–Crippen LogP) is 2.68. The van der Waals surface area contributed by atoms with E-state index < -0.39 is 0 Å². The van der Waals surface area contributed by atoms with Crippen LogP contribution in [0, 0.1) is 0 Å². The van der Waals surface area contributed by atoms with E-state index in [2.05, 4.69) is 6.26 Å². The third-order valence-electron chi connectivity index (χ3n) is 0.781. The van der Waals surface area contributed by atoms with Crippen molar-refractivity contribution in [3.8, 4) is 0 Å². The molecule has 60 valence electrons. The van der Waals surface area contributed by atoms with Gasteiger partial charge in [0.15, 0.2) is 0 Å². The molecule has 0 bridgehead atoms. The van der Waals surface area contributed by atoms with Gasteiger partial charge in [-0.25, -0.2) is 0 Å². The fourth-order valence-electron chi connectivity index (χ4n) is 0.388. The topological polar surface area (TPSA) is 9.23 Å². The Morgan fingerprint density at radius 2 is 2.00 bits per heavy atom. The van der Waals surface area contributed by atoms with Crippen LogP contribution in [0.1, 0.15) is 20.8 Å². The Morgan fingerprint density at radius 3 is 2.40 bits per heavy atom. The largest absolute Gasteiger partial charge is 0.496 e. The second-order valence-electron chi connectivity index (χ2n) is 3.06. The summed E-state index contributed by atoms with van der Waals surface area (Å²) in [7, 11) is 0. The van der Waals surface area contributed by atoms with Crippen LogP contribution in [0.2, 0.25) is 0 Å². The van der Waals surface area contributed by atoms with Crippen molar-refractivity contribution in [2.45, 2.75) is 26.4 Å². The first-order valence-corrected chi connectivity index (χ1v) is 4.77. The second kappa shape index (κ2) is 4.67. The minimum atomic E-state index is -0.0467. The molecule has 0 rings (SSSR count). The summed E-state index contributed by atoms with van der Waals surface area (Å²) in [6.07, 6.45) is 5.87. The Hall–Kier alpha value is -0.110. The summed E-state index contributed by atoms with van der Waals surface area (Å²) in [5.74, 6) is 1.02. The van der Waals surface area contributed by atoms with E-state index in [0.717, 1.165) is 5.75 Å². The van der Waals surface area contributed by atoms with Gasteiger partial charge in [0.25, 0.3) is 0 Å². The lowest BCUT2D eigenvalue weighted by atomic mass is 10.2. The number of hydrogen-bond acceptors (Lipinski definition) is 2. The van der Waals surface area contributed by atoms with Gasteiger partial charge >= 0.3 is 0 Å². The summed E-state index contributed by atoms with van der Waals surface area (Å²) < 4.78 is 5.34. The SMILES string of the molecule is CSC/C=C\OC(C)(C)C. The molecule has 0 aliphatic heterocycles. The second-order valence-corrected chi connectivity index (χ2v) is 3.97. The molecule has 0 amide bonds. The highest BCUT2D eigenvalue weighted by molar-refractivity contribution is 7.98. The molecule has 0 aromatic carbocycles. The summed E-state index contributed by atoms with van der Waals surface area (Å²) in [5, 5.41) is 0. The van der Waals surface area contributed by atoms with Crippen LogP contribution in [-0.2, 0) is 4.74 Å². The van der Waals surface area contributed by atoms with Gasteiger partial charge in [0, 0.05) is 5.75 Å². The highest BCUT2D eigenvalue weighted by atomic mass is 32.2. The first kappa shape index (κ1) is 9.89. The Labute approximate surface area is 67.8 Å². The summed E-state index contributed by atoms with van der Waals surface area (Å²) in [5.41, 5.74) is -0.0467. The maximum absolute atomic E-state index is 5.34. The zero-order chi connectivity index (χ0) is 8.04. The minimum absolute atomic E-state index is 0.0467. The third-order valence-corrected chi connectivity index (χ3v) is 1.31. The van der Waals surface area contributed by atoms with Crippen LogP contribution in [0.25, 0.3) is 0 Å². The molecule has 0 saturated heterocycles. The molecule has 0 aliphatic carbocycles. The van der Waals surface area contributed by atoms with Crippen molar-refractivity contribution in [1.29, 1.82) is 0 Å². The van der Waals surface area contributed by atoms with Crippen LogP contribution in [0.15, 0.2) is 12.3 Å². The van der Waals surface area contributed by atoms with E-state index >= 15 is 0 Å². The Kier molecular flexibility index (Phi) is 4.62. The number of ether oxygens (including phenoxy) is 1. The molecule has 0 aromatic rings. The van der Waals surface area contributed by atoms with E-state index in [1.807, 2.05) is 26.8 Å². The highest BCUT2D eigenvalue weighted by Crippen LogP contribution is 2.06. The molecular formula is C8H16OS. The smallest absolute Gasteiger partial charge is 0.0998 e. The fourth-order valence-corrected chi connectivity index (χ4v) is 0.659. The molecule has 0 saturated carbocycles. The van der Waals surface area contributed by atoms with Crippen LogP contribution in [0.4, 0.5) is 0 Å². The van der Waals surface area contributed by atoms with E-state index in [1.165, 1.54) is 0 Å². The van der Waals surface area contributed by atoms with E-state index in [-0.39, 0.29) is 5.60 Å². The third kappa shape index (κ3) is 7.89. The summed E-state index contributed by atoms with van der Waals surface area (Å²) in [4.78, 5) is 0. The number of rotatable bonds is 3. The molecule has 2 heteroatoms. The van der Waals surface area contributed by atoms with Gasteiger partial charge in [0.1, 0.15) is 0 Å². The molecule has 10 heavy (non-hydrogen) atoms. The molecular weight excluding hydrogens is 144 g/mol. The van der Waals surface area contributed by atoms with Gasteiger partial charge in [-0.1, -0.05) is 0 Å². The van der Waals surface area contributed by atoms with E-state index in [9.17, 15) is 0 Å². The van der Waals surface area contributed by atoms with Crippen molar-refractivity contribution in [2.75, 3.05) is 12.0 Å². The van der Waals surface area contributed by atoms with Crippen molar-refractivity contribution in [3.05, 3.63) is 12.3 Å². The van der Waals surface area contributed by atoms with E-state index in [0.29, 0.717) is 0 Å². The Bertz CT molecular complexity index is 102. The average molecular weight is 160 g/mol. The summed E-state index contributed by atoms with van der Waals surface area (Å²) >= 11 is 1.79. The molecule has 0 fully saturated rings. The molecule has 1 nitrogen and oxygen atoms in total. The van der Waals surface area contributed by atoms with Gasteiger partial charge in [-0.3, -0.25) is 0 Å². The monoisotopic (exact) mass is 160 g/mol. The predicted molar refractivity (Wildman–Crippen MR) is 48.4 cm³/mol. The molecule has 0 aliphatic rings. The van der Waals surface area contributed by atoms with Crippen LogP contribution in [-0.4, -0.2) is 17.6 Å². The molecule has 0 heterocycles. The lowest BCUT2D eigenvalue weighted by Crippen LogP contribution is -2.15. The fraction of sp³-hybridized carbons (Fsp3) is 0.750. The normalized spacial score (nSPS) is 12.4. The maximum atomic E-state index is 5.34. The first-order valence-electron chi connectivity index (χ1n) is 3.38. The van der Waals surface area contributed by atoms with Crippen molar-refractivity contribution in [3.63, 3.8) is 0 Å². The van der Waals surface area contributed by atoms with Gasteiger partial charge in [0.05, 0.1) is 11.9 Å². The van der Waals surface area contributed by atoms with Gasteiger partial charge in [0.2, 0.25) is 0 Å². The van der Waals surface area contributed by atoms with E-state index in [4.69, 9.17) is 4.74 Å². The quantitative estimate of drug-likeness (QED) is 0.587. The van der Waals surface area contributed by atoms with Crippen LogP contribution < -0.4 is 0 Å². The lowest BCUT2D eigenvalue weighted by Gasteiger charge is -2.17. The van der Waals surface area contributed by atoms with Gasteiger partial charge in [-0.2, -0.15) is 11.8 Å². The van der Waals surface area contributed by atoms with Gasteiger partial charge in [-0.05, 0) is 33.1 Å². The van der Waals surface area contributed by atoms with Crippen LogP contribution in [0.5, 0.6) is 0 Å². The van der Waals surface area contributed by atoms with Crippen molar-refractivity contribution in [1.82, 2.24) is 0 Å². The standard InChI is InChI=1S/C8H16OS/c1-8(2,3)9-6-5-7-10-4/h5-6H,7H2,1-4H3/b6-5-. The van der Waals surface area contributed by atoms with Crippen LogP contribution >= 0.6 is 11.8 Å². The minimum Gasteiger partial charge on any atom is -0.496 e. The van der Waals surface area contributed by atoms with Crippen molar-refractivity contribution < 1.29 is 4.74 Å². The Balaban J connectivity index is 3.34. The first-order chi connectivity index (χ1) is 4.56. The molecule has 0 aromatic heterocycles. The van der Waals surface area contributed by atoms with Gasteiger partial charge in [-0.15, -0.1) is 0 Å². The summed E-state index contributed by atoms with van der Waals surface area (Å²) in [6, 6.07) is 0. The van der Waals surface area contributed by atoms with E-state index in [1.54, 1.807) is 18.0 Å². The van der Waals surface area contributed by atoms with Gasteiger partial charge < -0.3 is 4.74 Å². The van der Waals surface area contributed by atoms with Crippen molar-refractivity contribution in [2.24, 2.45) is 0 Å². The average Bonchev–Trinajstić information content (AvgIpc) is 1.78. The van der Waals surface area contributed by atoms with Crippen molar-refractivity contribution >= 4 is 11.8 Å². The zero-order valence-corrected chi connectivity index (χ0v) is 7.99. The van der Waals surface area contributed by atoms with Crippen LogP contribution in [0.3, 0.4) is 0 Å². The zero-order valence-electron chi connectivity index (χ0n) is 7.18. The lowest BCUT2D eigenvalue weighted by molar-refractivity contribution is 0.0765. The molecule has 0 atom stereocenters. The number of hydrogen-bond donors (Lipinski definition) is 0. The number of thioether (sulfide) groups is 1.